The molecule has 2 saturated heterocycles. The van der Waals surface area contributed by atoms with E-state index in [1.165, 1.54) is 0 Å². The quantitative estimate of drug-likeness (QED) is 0.890. The van der Waals surface area contributed by atoms with Crippen LogP contribution in [0.5, 0.6) is 0 Å². The molecule has 22 heavy (non-hydrogen) atoms. The number of ether oxygens (including phenoxy) is 1. The molecule has 1 spiro atoms. The lowest BCUT2D eigenvalue weighted by molar-refractivity contribution is 0.0150. The highest BCUT2D eigenvalue weighted by molar-refractivity contribution is 5.75. The number of carbonyl (C=O) groups is 1. The summed E-state index contributed by atoms with van der Waals surface area (Å²) in [4.78, 5) is 18.2. The summed E-state index contributed by atoms with van der Waals surface area (Å²) in [6, 6.07) is 4.71. The van der Waals surface area contributed by atoms with Crippen molar-refractivity contribution >= 4 is 11.7 Å². The fourth-order valence-corrected chi connectivity index (χ4v) is 3.42. The Morgan fingerprint density at radius 3 is 3.09 bits per heavy atom. The van der Waals surface area contributed by atoms with Crippen LogP contribution in [0.4, 0.5) is 10.5 Å². The zero-order chi connectivity index (χ0) is 15.0. The highest BCUT2D eigenvalue weighted by Crippen LogP contribution is 2.36. The van der Waals surface area contributed by atoms with Gasteiger partial charge in [0, 0.05) is 31.4 Å². The predicted octanol–water partition coefficient (Wildman–Crippen LogP) is 1.60. The Morgan fingerprint density at radius 1 is 1.41 bits per heavy atom. The first-order valence-electron chi connectivity index (χ1n) is 8.08. The largest absolute Gasteiger partial charge is 0.379 e. The van der Waals surface area contributed by atoms with E-state index in [2.05, 4.69) is 15.6 Å². The molecular formula is C16H22N4O2. The Bertz CT molecular complexity index is 548. The molecule has 0 aromatic carbocycles. The summed E-state index contributed by atoms with van der Waals surface area (Å²) in [7, 11) is 0. The normalized spacial score (nSPS) is 30.7. The van der Waals surface area contributed by atoms with Crippen molar-refractivity contribution in [3.8, 4) is 0 Å². The molecule has 1 aromatic heterocycles. The molecule has 6 nitrogen and oxygen atoms in total. The van der Waals surface area contributed by atoms with Gasteiger partial charge >= 0.3 is 6.03 Å². The van der Waals surface area contributed by atoms with Gasteiger partial charge in [0.15, 0.2) is 0 Å². The summed E-state index contributed by atoms with van der Waals surface area (Å²) in [5, 5.41) is 6.53. The summed E-state index contributed by atoms with van der Waals surface area (Å²) in [6.07, 6.45) is 7.71. The summed E-state index contributed by atoms with van der Waals surface area (Å²) < 4.78 is 6.08. The van der Waals surface area contributed by atoms with Crippen molar-refractivity contribution in [1.82, 2.24) is 15.2 Å². The van der Waals surface area contributed by atoms with Crippen molar-refractivity contribution in [2.45, 2.75) is 43.4 Å². The average molecular weight is 302 g/mol. The molecule has 2 aliphatic heterocycles. The molecule has 6 heteroatoms. The average Bonchev–Trinajstić information content (AvgIpc) is 3.11. The van der Waals surface area contributed by atoms with Gasteiger partial charge in [-0.05, 0) is 31.4 Å². The maximum atomic E-state index is 12.1. The molecule has 2 N–H and O–H groups in total. The van der Waals surface area contributed by atoms with Gasteiger partial charge in [0.05, 0.1) is 30.5 Å². The first-order valence-corrected chi connectivity index (χ1v) is 8.08. The van der Waals surface area contributed by atoms with Crippen LogP contribution in [0.25, 0.3) is 0 Å². The van der Waals surface area contributed by atoms with E-state index in [0.29, 0.717) is 19.2 Å². The fourth-order valence-electron chi connectivity index (χ4n) is 3.42. The van der Waals surface area contributed by atoms with Gasteiger partial charge in [-0.2, -0.15) is 0 Å². The molecule has 2 atom stereocenters. The Labute approximate surface area is 130 Å². The number of carbonyl (C=O) groups excluding carboxylic acids is 1. The number of nitrogens with zero attached hydrogens (tertiary/aromatic N) is 2. The van der Waals surface area contributed by atoms with Gasteiger partial charge in [0.1, 0.15) is 0 Å². The number of urea groups is 1. The second-order valence-electron chi connectivity index (χ2n) is 6.68. The smallest absolute Gasteiger partial charge is 0.317 e. The third-order valence-corrected chi connectivity index (χ3v) is 4.75. The van der Waals surface area contributed by atoms with E-state index in [-0.39, 0.29) is 17.7 Å². The number of pyridine rings is 1. The maximum absolute atomic E-state index is 12.1. The molecule has 1 saturated carbocycles. The number of nitrogens with one attached hydrogen (secondary N) is 2. The molecule has 3 fully saturated rings. The standard InChI is InChI=1S/C16H22N4O2/c21-15(19-12-3-4-12)20-7-5-16(11-20)8-14(10-22-16)18-13-2-1-6-17-9-13/h1-2,6,9,12,14,18H,3-5,7-8,10-11H2,(H,19,21)/t14-,16-/m0/s1. The SMILES string of the molecule is O=C(NC1CC1)N1CC[C@]2(C[C@H](Nc3cccnc3)CO2)C1. The lowest BCUT2D eigenvalue weighted by Gasteiger charge is -2.23. The Morgan fingerprint density at radius 2 is 2.32 bits per heavy atom. The molecule has 3 aliphatic rings. The molecule has 3 heterocycles. The highest BCUT2D eigenvalue weighted by atomic mass is 16.5. The van der Waals surface area contributed by atoms with E-state index >= 15 is 0 Å². The van der Waals surface area contributed by atoms with Crippen LogP contribution in [0.3, 0.4) is 0 Å². The van der Waals surface area contributed by atoms with E-state index in [9.17, 15) is 4.79 Å². The number of likely N-dealkylation sites (tertiary alicyclic amines) is 1. The predicted molar refractivity (Wildman–Crippen MR) is 82.7 cm³/mol. The molecule has 0 bridgehead atoms. The van der Waals surface area contributed by atoms with Crippen LogP contribution in [0.1, 0.15) is 25.7 Å². The first kappa shape index (κ1) is 13.8. The first-order chi connectivity index (χ1) is 10.7. The number of aromatic nitrogens is 1. The summed E-state index contributed by atoms with van der Waals surface area (Å²) in [6.45, 7) is 2.18. The monoisotopic (exact) mass is 302 g/mol. The Balaban J connectivity index is 1.33. The lowest BCUT2D eigenvalue weighted by Crippen LogP contribution is -2.42. The minimum Gasteiger partial charge on any atom is -0.379 e. The van der Waals surface area contributed by atoms with Crippen molar-refractivity contribution in [3.63, 3.8) is 0 Å². The molecule has 118 valence electrons. The van der Waals surface area contributed by atoms with E-state index in [0.717, 1.165) is 37.9 Å². The van der Waals surface area contributed by atoms with Gasteiger partial charge in [0.25, 0.3) is 0 Å². The molecule has 0 radical (unpaired) electrons. The third-order valence-electron chi connectivity index (χ3n) is 4.75. The van der Waals surface area contributed by atoms with E-state index < -0.39 is 0 Å². The van der Waals surface area contributed by atoms with E-state index in [1.807, 2.05) is 23.2 Å². The lowest BCUT2D eigenvalue weighted by atomic mass is 9.97. The van der Waals surface area contributed by atoms with Gasteiger partial charge in [-0.3, -0.25) is 4.98 Å². The third kappa shape index (κ3) is 2.88. The van der Waals surface area contributed by atoms with Crippen LogP contribution in [0.2, 0.25) is 0 Å². The fraction of sp³-hybridized carbons (Fsp3) is 0.625. The van der Waals surface area contributed by atoms with E-state index in [1.54, 1.807) is 6.20 Å². The zero-order valence-corrected chi connectivity index (χ0v) is 12.6. The van der Waals surface area contributed by atoms with Crippen LogP contribution in [-0.2, 0) is 4.74 Å². The maximum Gasteiger partial charge on any atom is 0.317 e. The van der Waals surface area contributed by atoms with Crippen LogP contribution in [0.15, 0.2) is 24.5 Å². The van der Waals surface area contributed by atoms with Gasteiger partial charge in [-0.25, -0.2) is 4.79 Å². The number of rotatable bonds is 3. The van der Waals surface area contributed by atoms with Crippen LogP contribution < -0.4 is 10.6 Å². The summed E-state index contributed by atoms with van der Waals surface area (Å²) >= 11 is 0. The minimum absolute atomic E-state index is 0.0756. The Hall–Kier alpha value is -1.82. The number of hydrogen-bond acceptors (Lipinski definition) is 4. The van der Waals surface area contributed by atoms with Crippen LogP contribution >= 0.6 is 0 Å². The number of hydrogen-bond donors (Lipinski definition) is 2. The van der Waals surface area contributed by atoms with Gasteiger partial charge in [-0.15, -0.1) is 0 Å². The number of anilines is 1. The highest BCUT2D eigenvalue weighted by Gasteiger charge is 2.47. The minimum atomic E-state index is -0.166. The second kappa shape index (κ2) is 5.43. The Kier molecular flexibility index (Phi) is 3.41. The molecule has 1 aromatic rings. The molecule has 1 aliphatic carbocycles. The van der Waals surface area contributed by atoms with Crippen LogP contribution in [0, 0.1) is 0 Å². The molecule has 2 amide bonds. The van der Waals surface area contributed by atoms with Crippen LogP contribution in [-0.4, -0.2) is 53.3 Å². The van der Waals surface area contributed by atoms with Crippen molar-refractivity contribution in [2.75, 3.05) is 25.0 Å². The van der Waals surface area contributed by atoms with Crippen molar-refractivity contribution in [2.24, 2.45) is 0 Å². The molecule has 4 rings (SSSR count). The van der Waals surface area contributed by atoms with Crippen molar-refractivity contribution < 1.29 is 9.53 Å². The second-order valence-corrected chi connectivity index (χ2v) is 6.68. The zero-order valence-electron chi connectivity index (χ0n) is 12.6. The van der Waals surface area contributed by atoms with Gasteiger partial charge < -0.3 is 20.3 Å². The van der Waals surface area contributed by atoms with Crippen molar-refractivity contribution in [1.29, 1.82) is 0 Å². The van der Waals surface area contributed by atoms with Crippen molar-refractivity contribution in [3.05, 3.63) is 24.5 Å². The topological polar surface area (TPSA) is 66.5 Å². The molecular weight excluding hydrogens is 280 g/mol. The summed E-state index contributed by atoms with van der Waals surface area (Å²) in [5.74, 6) is 0. The summed E-state index contributed by atoms with van der Waals surface area (Å²) in [5.41, 5.74) is 0.857. The van der Waals surface area contributed by atoms with Gasteiger partial charge in [0.2, 0.25) is 0 Å². The number of amides is 2. The van der Waals surface area contributed by atoms with Gasteiger partial charge in [-0.1, -0.05) is 0 Å². The molecule has 0 unspecified atom stereocenters. The van der Waals surface area contributed by atoms with E-state index in [4.69, 9.17) is 4.74 Å².